The Balaban J connectivity index is 1.79. The zero-order valence-electron chi connectivity index (χ0n) is 16.8. The van der Waals surface area contributed by atoms with Gasteiger partial charge < -0.3 is 14.7 Å². The van der Waals surface area contributed by atoms with Crippen LogP contribution in [0.25, 0.3) is 5.57 Å². The minimum absolute atomic E-state index is 0.132. The second-order valence-corrected chi connectivity index (χ2v) is 10.1. The number of hydrogen-bond donors (Lipinski definition) is 3. The summed E-state index contributed by atoms with van der Waals surface area (Å²) in [6.45, 7) is 1.69. The van der Waals surface area contributed by atoms with E-state index in [1.165, 1.54) is 23.4 Å². The average molecular weight is 440 g/mol. The normalized spacial score (nSPS) is 21.0. The molecule has 0 fully saturated rings. The molecule has 0 aliphatic carbocycles. The monoisotopic (exact) mass is 440 g/mol. The topological polar surface area (TPSA) is 116 Å². The Morgan fingerprint density at radius 1 is 1.43 bits per heavy atom. The first kappa shape index (κ1) is 22.3. The van der Waals surface area contributed by atoms with Crippen molar-refractivity contribution in [2.24, 2.45) is 0 Å². The summed E-state index contributed by atoms with van der Waals surface area (Å²) in [5.74, 6) is -0.909. The summed E-state index contributed by atoms with van der Waals surface area (Å²) in [6, 6.07) is 5.34. The molecule has 3 rings (SSSR count). The number of hydroxylamine groups is 1. The molecule has 0 aromatic heterocycles. The van der Waals surface area contributed by atoms with E-state index in [-0.39, 0.29) is 18.5 Å². The number of allylic oxidation sites excluding steroid dienone is 2. The molecule has 1 unspecified atom stereocenters. The van der Waals surface area contributed by atoms with Gasteiger partial charge in [0.25, 0.3) is 5.91 Å². The Bertz CT molecular complexity index is 1010. The number of nitrogens with zero attached hydrogens (tertiary/aromatic N) is 1. The molecule has 0 spiro atoms. The number of benzene rings is 1. The number of halogens is 1. The number of carbonyl (C=O) groups excluding carboxylic acids is 1. The van der Waals surface area contributed by atoms with Gasteiger partial charge in [-0.25, -0.2) is 18.3 Å². The quantitative estimate of drug-likeness (QED) is 0.454. The van der Waals surface area contributed by atoms with Crippen molar-refractivity contribution >= 4 is 21.3 Å². The van der Waals surface area contributed by atoms with Crippen LogP contribution in [0.5, 0.6) is 5.75 Å². The van der Waals surface area contributed by atoms with E-state index in [1.54, 1.807) is 12.1 Å². The Morgan fingerprint density at radius 3 is 2.83 bits per heavy atom. The lowest BCUT2D eigenvalue weighted by Crippen LogP contribution is -2.51. The number of rotatable bonds is 6. The number of ether oxygens (including phenoxy) is 1. The summed E-state index contributed by atoms with van der Waals surface area (Å²) in [5, 5.41) is 19.4. The highest BCUT2D eigenvalue weighted by Crippen LogP contribution is 2.34. The van der Waals surface area contributed by atoms with Crippen molar-refractivity contribution in [1.82, 2.24) is 10.4 Å². The molecule has 0 radical (unpaired) electrons. The molecular weight excluding hydrogens is 415 g/mol. The number of sulfone groups is 1. The van der Waals surface area contributed by atoms with E-state index >= 15 is 0 Å². The van der Waals surface area contributed by atoms with Gasteiger partial charge in [0.15, 0.2) is 14.6 Å². The smallest absolute Gasteiger partial charge is 0.264 e. The minimum Gasteiger partial charge on any atom is -0.493 e. The van der Waals surface area contributed by atoms with Crippen LogP contribution in [-0.4, -0.2) is 59.9 Å². The molecular formula is C20H25FN2O6S. The van der Waals surface area contributed by atoms with Crippen LogP contribution >= 0.6 is 0 Å². The molecule has 3 N–H and O–H groups in total. The molecule has 1 amide bonds. The minimum atomic E-state index is -3.89. The van der Waals surface area contributed by atoms with E-state index in [4.69, 9.17) is 9.94 Å². The van der Waals surface area contributed by atoms with E-state index in [0.29, 0.717) is 12.2 Å². The average Bonchev–Trinajstić information content (AvgIpc) is 2.71. The number of aryl methyl sites for hydroxylation is 1. The standard InChI is InChI=1S/C20H25FN2O6S/c1-20(19(25)22-26,30(2,27)28)7-8-23-12-16(21)15(11-18(23)24)13-5-6-17-14(10-13)4-3-9-29-17/h5-6,10-12,18,24,26H,3-4,7-9H2,1-2H3,(H,22,25)/t18?,20-/m1/s1. The first-order chi connectivity index (χ1) is 14.1. The maximum absolute atomic E-state index is 14.8. The Kier molecular flexibility index (Phi) is 6.21. The SMILES string of the molecule is C[C@@](CCN1C=C(F)C(c2ccc3c(c2)CCCO3)=CC1O)(C(=O)NO)S(C)(=O)=O. The molecule has 1 aromatic carbocycles. The Hall–Kier alpha value is -2.43. The summed E-state index contributed by atoms with van der Waals surface area (Å²) < 4.78 is 42.6. The largest absolute Gasteiger partial charge is 0.493 e. The molecule has 0 saturated carbocycles. The first-order valence-electron chi connectivity index (χ1n) is 9.50. The third-order valence-corrected chi connectivity index (χ3v) is 7.69. The predicted octanol–water partition coefficient (Wildman–Crippen LogP) is 1.54. The van der Waals surface area contributed by atoms with Crippen molar-refractivity contribution in [1.29, 1.82) is 0 Å². The van der Waals surface area contributed by atoms with E-state index < -0.39 is 32.5 Å². The number of amides is 1. The van der Waals surface area contributed by atoms with Gasteiger partial charge in [-0.15, -0.1) is 0 Å². The predicted molar refractivity (Wildman–Crippen MR) is 108 cm³/mol. The van der Waals surface area contributed by atoms with E-state index in [0.717, 1.165) is 36.6 Å². The Labute approximate surface area is 174 Å². The molecule has 164 valence electrons. The van der Waals surface area contributed by atoms with Gasteiger partial charge in [-0.2, -0.15) is 0 Å². The summed E-state index contributed by atoms with van der Waals surface area (Å²) in [6.07, 6.45) is 3.53. The number of hydrogen-bond acceptors (Lipinski definition) is 7. The Morgan fingerprint density at radius 2 is 2.17 bits per heavy atom. The van der Waals surface area contributed by atoms with Gasteiger partial charge in [0, 0.05) is 24.6 Å². The molecule has 8 nitrogen and oxygen atoms in total. The third kappa shape index (κ3) is 4.21. The van der Waals surface area contributed by atoms with Crippen molar-refractivity contribution in [3.63, 3.8) is 0 Å². The summed E-state index contributed by atoms with van der Waals surface area (Å²) in [5.41, 5.74) is 3.17. The van der Waals surface area contributed by atoms with Crippen LogP contribution in [0.2, 0.25) is 0 Å². The van der Waals surface area contributed by atoms with Crippen LogP contribution < -0.4 is 10.2 Å². The van der Waals surface area contributed by atoms with Gasteiger partial charge in [0.05, 0.1) is 6.61 Å². The van der Waals surface area contributed by atoms with Crippen LogP contribution in [0.3, 0.4) is 0 Å². The van der Waals surface area contributed by atoms with Crippen LogP contribution in [0.1, 0.15) is 30.9 Å². The highest BCUT2D eigenvalue weighted by molar-refractivity contribution is 7.92. The highest BCUT2D eigenvalue weighted by atomic mass is 32.2. The fourth-order valence-corrected chi connectivity index (χ4v) is 4.35. The van der Waals surface area contributed by atoms with Gasteiger partial charge in [0.1, 0.15) is 17.8 Å². The fraction of sp³-hybridized carbons (Fsp3) is 0.450. The van der Waals surface area contributed by atoms with Crippen molar-refractivity contribution in [2.45, 2.75) is 37.2 Å². The number of nitrogens with one attached hydrogen (secondary N) is 1. The van der Waals surface area contributed by atoms with Gasteiger partial charge in [-0.3, -0.25) is 10.0 Å². The van der Waals surface area contributed by atoms with Crippen LogP contribution in [0.15, 0.2) is 36.3 Å². The second kappa shape index (κ2) is 8.37. The zero-order valence-corrected chi connectivity index (χ0v) is 17.6. The fourth-order valence-electron chi connectivity index (χ4n) is 3.50. The third-order valence-electron chi connectivity index (χ3n) is 5.66. The maximum atomic E-state index is 14.8. The lowest BCUT2D eigenvalue weighted by atomic mass is 9.96. The summed E-state index contributed by atoms with van der Waals surface area (Å²) in [4.78, 5) is 13.1. The van der Waals surface area contributed by atoms with Crippen molar-refractivity contribution in [2.75, 3.05) is 19.4 Å². The molecule has 1 aromatic rings. The summed E-state index contributed by atoms with van der Waals surface area (Å²) >= 11 is 0. The molecule has 2 aliphatic rings. The molecule has 0 saturated heterocycles. The molecule has 2 atom stereocenters. The molecule has 2 aliphatic heterocycles. The lowest BCUT2D eigenvalue weighted by molar-refractivity contribution is -0.131. The van der Waals surface area contributed by atoms with E-state index in [2.05, 4.69) is 0 Å². The second-order valence-electron chi connectivity index (χ2n) is 7.68. The van der Waals surface area contributed by atoms with Crippen molar-refractivity contribution in [3.8, 4) is 5.75 Å². The summed E-state index contributed by atoms with van der Waals surface area (Å²) in [7, 11) is -3.89. The van der Waals surface area contributed by atoms with E-state index in [1.807, 2.05) is 6.07 Å². The molecule has 30 heavy (non-hydrogen) atoms. The zero-order chi connectivity index (χ0) is 22.1. The van der Waals surface area contributed by atoms with Crippen molar-refractivity contribution < 1.29 is 32.7 Å². The molecule has 0 bridgehead atoms. The number of fused-ring (bicyclic) bond motifs is 1. The number of aliphatic hydroxyl groups excluding tert-OH is 1. The van der Waals surface area contributed by atoms with Gasteiger partial charge in [0.2, 0.25) is 0 Å². The van der Waals surface area contributed by atoms with Crippen LogP contribution in [0, 0.1) is 0 Å². The van der Waals surface area contributed by atoms with Crippen molar-refractivity contribution in [3.05, 3.63) is 47.4 Å². The maximum Gasteiger partial charge on any atom is 0.264 e. The van der Waals surface area contributed by atoms with E-state index in [9.17, 15) is 22.7 Å². The number of carbonyl (C=O) groups is 1. The first-order valence-corrected chi connectivity index (χ1v) is 11.4. The van der Waals surface area contributed by atoms with Gasteiger partial charge in [-0.1, -0.05) is 6.07 Å². The van der Waals surface area contributed by atoms with Crippen LogP contribution in [-0.2, 0) is 21.1 Å². The van der Waals surface area contributed by atoms with Crippen LogP contribution in [0.4, 0.5) is 4.39 Å². The van der Waals surface area contributed by atoms with Gasteiger partial charge in [-0.05, 0) is 55.5 Å². The lowest BCUT2D eigenvalue weighted by Gasteiger charge is -2.32. The van der Waals surface area contributed by atoms with Gasteiger partial charge >= 0.3 is 0 Å². The molecule has 10 heteroatoms. The number of aliphatic hydroxyl groups is 1. The highest BCUT2D eigenvalue weighted by Gasteiger charge is 2.43. The molecule has 2 heterocycles.